The van der Waals surface area contributed by atoms with Crippen molar-refractivity contribution in [3.05, 3.63) is 108 Å². The number of aliphatic carboxylic acids is 1. The maximum Gasteiger partial charge on any atom is 1.00 e. The molecule has 0 aromatic heterocycles. The largest absolute Gasteiger partial charge is 1.00 e. The quantitative estimate of drug-likeness (QED) is 0.0371. The summed E-state index contributed by atoms with van der Waals surface area (Å²) < 4.78 is 89.1. The van der Waals surface area contributed by atoms with Crippen LogP contribution in [0.5, 0.6) is 0 Å². The second-order valence-corrected chi connectivity index (χ2v) is 11.5. The van der Waals surface area contributed by atoms with Gasteiger partial charge in [-0.3, -0.25) is 15.3 Å². The summed E-state index contributed by atoms with van der Waals surface area (Å²) in [5.41, 5.74) is 0.577. The number of benzene rings is 3. The molecule has 0 aliphatic carbocycles. The van der Waals surface area contributed by atoms with E-state index in [0.717, 1.165) is 18.5 Å². The Morgan fingerprint density at radius 1 is 0.776 bits per heavy atom. The van der Waals surface area contributed by atoms with Gasteiger partial charge in [0.25, 0.3) is 0 Å². The molecule has 0 amide bonds. The van der Waals surface area contributed by atoms with E-state index in [2.05, 4.69) is 16.4 Å². The van der Waals surface area contributed by atoms with Gasteiger partial charge in [-0.15, -0.1) is 0 Å². The van der Waals surface area contributed by atoms with E-state index in [-0.39, 0.29) is 54.2 Å². The van der Waals surface area contributed by atoms with Gasteiger partial charge in [-0.1, -0.05) is 91.0 Å². The molecule has 3 unspecified atom stereocenters. The van der Waals surface area contributed by atoms with Gasteiger partial charge in [0, 0.05) is 28.1 Å². The van der Waals surface area contributed by atoms with Crippen LogP contribution >= 0.6 is 15.9 Å². The van der Waals surface area contributed by atoms with Crippen LogP contribution in [0.3, 0.4) is 0 Å². The summed E-state index contributed by atoms with van der Waals surface area (Å²) in [7, 11) is 0. The molecule has 22 heteroatoms. The van der Waals surface area contributed by atoms with Crippen molar-refractivity contribution < 1.29 is 115 Å². The van der Waals surface area contributed by atoms with Crippen molar-refractivity contribution in [1.29, 1.82) is 0 Å². The molecule has 1 fully saturated rings. The number of hydrogen-bond donors (Lipinski definition) is 5. The molecule has 8 N–H and O–H groups in total. The first-order chi connectivity index (χ1) is 25.8. The summed E-state index contributed by atoms with van der Waals surface area (Å²) >= 11 is 1.84. The Labute approximate surface area is 350 Å². The maximum atomic E-state index is 13.4. The van der Waals surface area contributed by atoms with Crippen LogP contribution in [0.1, 0.15) is 67.3 Å². The number of carbonyl (C=O) groups excluding carboxylic acids is 3. The average Bonchev–Trinajstić information content (AvgIpc) is 3.67. The molecule has 0 radical (unpaired) electrons. The number of halogens is 7. The van der Waals surface area contributed by atoms with Crippen LogP contribution in [0.15, 0.2) is 91.0 Å². The molecule has 0 bridgehead atoms. The van der Waals surface area contributed by atoms with Crippen LogP contribution in [0, 0.1) is 0 Å². The van der Waals surface area contributed by atoms with Crippen LogP contribution < -0.4 is 18.9 Å². The van der Waals surface area contributed by atoms with E-state index >= 15 is 0 Å². The molecule has 3 aromatic rings. The molecule has 1 aliphatic heterocycles. The van der Waals surface area contributed by atoms with Crippen molar-refractivity contribution in [2.24, 2.45) is 0 Å². The first-order valence-electron chi connectivity index (χ1n) is 15.9. The van der Waals surface area contributed by atoms with Gasteiger partial charge in [0.15, 0.2) is 12.2 Å². The third-order valence-electron chi connectivity index (χ3n) is 6.35. The van der Waals surface area contributed by atoms with E-state index in [4.69, 9.17) is 25.5 Å². The molecule has 0 spiro atoms. The fourth-order valence-corrected chi connectivity index (χ4v) is 3.74. The molecule has 58 heavy (non-hydrogen) atoms. The van der Waals surface area contributed by atoms with Gasteiger partial charge in [-0.2, -0.15) is 26.3 Å². The number of rotatable bonds is 10. The number of carboxylic acid groups (broad SMARTS) is 1. The predicted molar refractivity (Wildman–Crippen MR) is 195 cm³/mol. The van der Waals surface area contributed by atoms with Crippen molar-refractivity contribution >= 4 is 40.1 Å². The summed E-state index contributed by atoms with van der Waals surface area (Å²) in [5, 5.41) is 38.6. The topological polar surface area (TPSA) is 259 Å². The third kappa shape index (κ3) is 25.5. The third-order valence-corrected chi connectivity index (χ3v) is 6.67. The van der Waals surface area contributed by atoms with E-state index in [1.165, 1.54) is 75.2 Å². The van der Waals surface area contributed by atoms with Gasteiger partial charge < -0.3 is 40.5 Å². The maximum absolute atomic E-state index is 13.4. The predicted octanol–water partition coefficient (Wildman–Crippen LogP) is 3.60. The number of aldehydes is 1. The summed E-state index contributed by atoms with van der Waals surface area (Å²) in [6.45, 7) is 5.78. The minimum atomic E-state index is -4.17. The van der Waals surface area contributed by atoms with Gasteiger partial charge in [-0.05, 0) is 44.7 Å². The van der Waals surface area contributed by atoms with Crippen molar-refractivity contribution in [3.63, 3.8) is 0 Å². The van der Waals surface area contributed by atoms with Crippen molar-refractivity contribution in [2.75, 3.05) is 19.8 Å². The molecule has 1 aliphatic rings. The SMILES string of the molecule is CC1CCCO1.CCOC(=O)C(F)(F)Br.CCOC(=O)C(F)(F)C(O)c1ccccc1.O.O=C(O)C(F)(F)C(O)c1ccccc1.O=Cc1ccccc1.OO.[Li+].[OH-]. The zero-order valence-electron chi connectivity index (χ0n) is 31.7. The Morgan fingerprint density at radius 2 is 1.14 bits per heavy atom. The number of alkyl halides is 7. The van der Waals surface area contributed by atoms with E-state index in [9.17, 15) is 50.6 Å². The smallest absolute Gasteiger partial charge is 0.870 e. The number of carboxylic acids is 1. The number of esters is 2. The molecule has 1 heterocycles. The normalized spacial score (nSPS) is 13.5. The zero-order valence-corrected chi connectivity index (χ0v) is 33.3. The molecule has 4 rings (SSSR count). The Bertz CT molecular complexity index is 1490. The monoisotopic (exact) mass is 902 g/mol. The van der Waals surface area contributed by atoms with E-state index < -0.39 is 46.8 Å². The van der Waals surface area contributed by atoms with Crippen LogP contribution in [-0.2, 0) is 28.6 Å². The first-order valence-corrected chi connectivity index (χ1v) is 16.7. The van der Waals surface area contributed by atoms with E-state index in [1.54, 1.807) is 24.3 Å². The zero-order chi connectivity index (χ0) is 42.7. The number of aliphatic hydroxyl groups is 2. The molecule has 1 saturated heterocycles. The Hall–Kier alpha value is -3.88. The Morgan fingerprint density at radius 3 is 1.38 bits per heavy atom. The molecule has 324 valence electrons. The number of aliphatic hydroxyl groups excluding tert-OH is 2. The fraction of sp³-hybridized carbons (Fsp3) is 0.389. The minimum Gasteiger partial charge on any atom is -0.870 e. The van der Waals surface area contributed by atoms with Crippen LogP contribution in [0.2, 0.25) is 0 Å². The van der Waals surface area contributed by atoms with Crippen LogP contribution in [-0.4, -0.2) is 104 Å². The second kappa shape index (κ2) is 34.0. The van der Waals surface area contributed by atoms with Gasteiger partial charge in [0.1, 0.15) is 6.29 Å². The summed E-state index contributed by atoms with van der Waals surface area (Å²) in [4.78, 5) is 37.6. The van der Waals surface area contributed by atoms with Crippen LogP contribution in [0.25, 0.3) is 0 Å². The average molecular weight is 904 g/mol. The Kier molecular flexibility index (Phi) is 37.1. The minimum absolute atomic E-state index is 0. The molecule has 0 saturated carbocycles. The van der Waals surface area contributed by atoms with Gasteiger partial charge in [-0.25, -0.2) is 14.4 Å². The first kappa shape index (κ1) is 63.3. The van der Waals surface area contributed by atoms with E-state index in [1.807, 2.05) is 34.1 Å². The van der Waals surface area contributed by atoms with Gasteiger partial charge >= 0.3 is 53.4 Å². The van der Waals surface area contributed by atoms with Crippen molar-refractivity contribution in [2.45, 2.75) is 68.6 Å². The standard InChI is InChI=1S/C11H12F2O3.C9H8F2O3.C7H6O.C5H10O.C4H5BrF2O2.Li.H2O2.2H2O/c1-2-16-10(15)11(12,13)9(14)8-6-4-3-5-7-8;10-9(11,8(13)14)7(12)6-4-2-1-3-5-6;8-6-7-4-2-1-3-5-7;1-5-3-2-4-6-5;1-2-9-3(8)4(5,6)7;;1-2;;/h3-7,9,14H,2H2,1H3;1-5,7,12H,(H,13,14);1-6H;5H,2-4H2,1H3;2H2,1H3;;1-2H;2*1H2/q;;;;;+1;;;/p-1. The Balaban J connectivity index is -0.000000204. The summed E-state index contributed by atoms with van der Waals surface area (Å²) in [6.07, 6.45) is -0.597. The molecular weight excluding hydrogens is 857 g/mol. The number of ether oxygens (including phenoxy) is 3. The molecule has 14 nitrogen and oxygen atoms in total. The summed E-state index contributed by atoms with van der Waals surface area (Å²) in [5.74, 6) is -13.7. The second-order valence-electron chi connectivity index (χ2n) is 10.5. The molecular formula is C36H46BrF6LiO14. The molecule has 3 atom stereocenters. The fourth-order valence-electron chi connectivity index (χ4n) is 3.63. The van der Waals surface area contributed by atoms with Crippen molar-refractivity contribution in [1.82, 2.24) is 0 Å². The van der Waals surface area contributed by atoms with Gasteiger partial charge in [0.05, 0.1) is 19.3 Å². The number of hydrogen-bond acceptors (Lipinski definition) is 12. The number of carbonyl (C=O) groups is 4. The summed E-state index contributed by atoms with van der Waals surface area (Å²) in [6, 6.07) is 23.3. The van der Waals surface area contributed by atoms with E-state index in [0.29, 0.717) is 6.10 Å². The van der Waals surface area contributed by atoms with Gasteiger partial charge in [0.2, 0.25) is 0 Å². The van der Waals surface area contributed by atoms with Crippen LogP contribution in [0.4, 0.5) is 26.3 Å². The molecule has 3 aromatic carbocycles. The van der Waals surface area contributed by atoms with Crippen molar-refractivity contribution in [3.8, 4) is 0 Å².